The molecule has 2 rings (SSSR count). The maximum Gasteiger partial charge on any atom is 0.230 e. The molecule has 6 nitrogen and oxygen atoms in total. The average molecular weight is 507 g/mol. The largest absolute Gasteiger partial charge is 0.356 e. The van der Waals surface area contributed by atoms with E-state index in [9.17, 15) is 4.79 Å². The zero-order valence-electron chi connectivity index (χ0n) is 17.2. The molecule has 1 aromatic rings. The molecule has 0 aliphatic heterocycles. The third-order valence-electron chi connectivity index (χ3n) is 4.98. The Morgan fingerprint density at radius 3 is 2.52 bits per heavy atom. The van der Waals surface area contributed by atoms with E-state index in [4.69, 9.17) is 0 Å². The monoisotopic (exact) mass is 507 g/mol. The number of guanidine groups is 1. The summed E-state index contributed by atoms with van der Waals surface area (Å²) in [5, 5.41) is 10.0. The van der Waals surface area contributed by atoms with E-state index in [-0.39, 0.29) is 35.3 Å². The third-order valence-corrected chi connectivity index (χ3v) is 6.17. The smallest absolute Gasteiger partial charge is 0.230 e. The number of aromatic nitrogens is 1. The predicted octanol–water partition coefficient (Wildman–Crippen LogP) is 3.24. The molecule has 1 amide bonds. The van der Waals surface area contributed by atoms with E-state index < -0.39 is 0 Å². The lowest BCUT2D eigenvalue weighted by Crippen LogP contribution is -2.49. The quantitative estimate of drug-likeness (QED) is 0.338. The van der Waals surface area contributed by atoms with Crippen LogP contribution in [0.25, 0.3) is 0 Å². The van der Waals surface area contributed by atoms with E-state index in [0.717, 1.165) is 50.3 Å². The maximum absolute atomic E-state index is 12.6. The van der Waals surface area contributed by atoms with Crippen molar-refractivity contribution >= 4 is 47.2 Å². The number of halogens is 1. The molecule has 0 unspecified atom stereocenters. The predicted molar refractivity (Wildman–Crippen MR) is 124 cm³/mol. The van der Waals surface area contributed by atoms with Gasteiger partial charge >= 0.3 is 0 Å². The molecule has 0 aromatic carbocycles. The Morgan fingerprint density at radius 2 is 2.00 bits per heavy atom. The second-order valence-electron chi connectivity index (χ2n) is 7.62. The highest BCUT2D eigenvalue weighted by Gasteiger charge is 2.42. The average Bonchev–Trinajstić information content (AvgIpc) is 3.27. The Bertz CT molecular complexity index is 623. The highest BCUT2D eigenvalue weighted by Crippen LogP contribution is 2.38. The fourth-order valence-electron chi connectivity index (χ4n) is 3.48. The standard InChI is InChI=1S/C19H33N5OS.HI/c1-14(2)16-23-15(12-26-16)8-11-21-18(20-3)22-13-19(9-6-7-10-19)17(25)24(4)5;/h12,14H,6-11,13H2,1-5H3,(H2,20,21,22);1H. The van der Waals surface area contributed by atoms with Crippen LogP contribution in [0.3, 0.4) is 0 Å². The van der Waals surface area contributed by atoms with Gasteiger partial charge < -0.3 is 15.5 Å². The molecule has 1 aromatic heterocycles. The molecule has 0 atom stereocenters. The van der Waals surface area contributed by atoms with E-state index in [1.54, 1.807) is 23.3 Å². The fraction of sp³-hybridized carbons (Fsp3) is 0.737. The topological polar surface area (TPSA) is 69.6 Å². The lowest BCUT2D eigenvalue weighted by molar-refractivity contribution is -0.138. The first-order valence-corrected chi connectivity index (χ1v) is 10.4. The minimum Gasteiger partial charge on any atom is -0.356 e. The number of amides is 1. The van der Waals surface area contributed by atoms with E-state index >= 15 is 0 Å². The number of carbonyl (C=O) groups is 1. The van der Waals surface area contributed by atoms with E-state index in [1.807, 2.05) is 14.1 Å². The van der Waals surface area contributed by atoms with Gasteiger partial charge in [-0.3, -0.25) is 9.79 Å². The summed E-state index contributed by atoms with van der Waals surface area (Å²) in [6.45, 7) is 5.74. The van der Waals surface area contributed by atoms with Crippen molar-refractivity contribution in [1.82, 2.24) is 20.5 Å². The summed E-state index contributed by atoms with van der Waals surface area (Å²) in [6, 6.07) is 0. The zero-order chi connectivity index (χ0) is 19.2. The van der Waals surface area contributed by atoms with Gasteiger partial charge in [-0.05, 0) is 12.8 Å². The number of thiazole rings is 1. The van der Waals surface area contributed by atoms with Crippen molar-refractivity contribution in [3.05, 3.63) is 16.1 Å². The van der Waals surface area contributed by atoms with Crippen LogP contribution in [0.5, 0.6) is 0 Å². The Labute approximate surface area is 184 Å². The Balaban J connectivity index is 0.00000364. The van der Waals surface area contributed by atoms with Crippen LogP contribution in [0.4, 0.5) is 0 Å². The second-order valence-corrected chi connectivity index (χ2v) is 8.51. The summed E-state index contributed by atoms with van der Waals surface area (Å²) in [6.07, 6.45) is 5.01. The van der Waals surface area contributed by atoms with Crippen LogP contribution in [0.1, 0.15) is 56.2 Å². The zero-order valence-corrected chi connectivity index (χ0v) is 20.3. The molecule has 1 aliphatic rings. The molecule has 1 fully saturated rings. The maximum atomic E-state index is 12.6. The van der Waals surface area contributed by atoms with Gasteiger partial charge in [0, 0.05) is 52.0 Å². The molecular weight excluding hydrogens is 473 g/mol. The van der Waals surface area contributed by atoms with Crippen molar-refractivity contribution in [3.63, 3.8) is 0 Å². The lowest BCUT2D eigenvalue weighted by Gasteiger charge is -2.31. The minimum atomic E-state index is -0.289. The van der Waals surface area contributed by atoms with Crippen molar-refractivity contribution in [2.24, 2.45) is 10.4 Å². The number of hydrogen-bond acceptors (Lipinski definition) is 4. The third kappa shape index (κ3) is 6.58. The summed E-state index contributed by atoms with van der Waals surface area (Å²) in [4.78, 5) is 23.3. The lowest BCUT2D eigenvalue weighted by atomic mass is 9.84. The van der Waals surface area contributed by atoms with Crippen LogP contribution in [-0.4, -0.2) is 56.0 Å². The van der Waals surface area contributed by atoms with Gasteiger partial charge in [0.2, 0.25) is 5.91 Å². The molecule has 2 N–H and O–H groups in total. The van der Waals surface area contributed by atoms with Crippen LogP contribution in [-0.2, 0) is 11.2 Å². The van der Waals surface area contributed by atoms with Crippen molar-refractivity contribution in [2.45, 2.75) is 51.9 Å². The van der Waals surface area contributed by atoms with E-state index in [0.29, 0.717) is 12.5 Å². The number of nitrogens with one attached hydrogen (secondary N) is 2. The molecule has 154 valence electrons. The van der Waals surface area contributed by atoms with Gasteiger partial charge in [0.25, 0.3) is 0 Å². The first-order chi connectivity index (χ1) is 12.4. The summed E-state index contributed by atoms with van der Waals surface area (Å²) in [5.74, 6) is 1.46. The number of nitrogens with zero attached hydrogens (tertiary/aromatic N) is 3. The number of hydrogen-bond donors (Lipinski definition) is 2. The van der Waals surface area contributed by atoms with E-state index in [1.165, 1.54) is 5.01 Å². The SMILES string of the molecule is CN=C(NCCc1csc(C(C)C)n1)NCC1(C(=O)N(C)C)CCCC1.I. The van der Waals surface area contributed by atoms with Crippen molar-refractivity contribution in [2.75, 3.05) is 34.2 Å². The molecule has 1 saturated carbocycles. The van der Waals surface area contributed by atoms with Crippen LogP contribution in [0.15, 0.2) is 10.4 Å². The van der Waals surface area contributed by atoms with Crippen LogP contribution < -0.4 is 10.6 Å². The van der Waals surface area contributed by atoms with Gasteiger partial charge in [0.05, 0.1) is 16.1 Å². The summed E-state index contributed by atoms with van der Waals surface area (Å²) in [7, 11) is 5.45. The number of aliphatic imine (C=N–C) groups is 1. The summed E-state index contributed by atoms with van der Waals surface area (Å²) < 4.78 is 0. The Kier molecular flexibility index (Phi) is 10.0. The molecule has 1 aliphatic carbocycles. The molecule has 0 saturated heterocycles. The van der Waals surface area contributed by atoms with Crippen molar-refractivity contribution in [1.29, 1.82) is 0 Å². The molecule has 0 spiro atoms. The highest BCUT2D eigenvalue weighted by atomic mass is 127. The Morgan fingerprint density at radius 1 is 1.33 bits per heavy atom. The number of rotatable bonds is 7. The van der Waals surface area contributed by atoms with Crippen molar-refractivity contribution in [3.8, 4) is 0 Å². The van der Waals surface area contributed by atoms with Crippen LogP contribution in [0.2, 0.25) is 0 Å². The van der Waals surface area contributed by atoms with Crippen molar-refractivity contribution < 1.29 is 4.79 Å². The summed E-state index contributed by atoms with van der Waals surface area (Å²) >= 11 is 1.73. The molecular formula is C19H34IN5OS. The van der Waals surface area contributed by atoms with E-state index in [2.05, 4.69) is 39.8 Å². The first kappa shape index (κ1) is 24.1. The van der Waals surface area contributed by atoms with Gasteiger partial charge in [-0.25, -0.2) is 4.98 Å². The van der Waals surface area contributed by atoms with Gasteiger partial charge in [-0.1, -0.05) is 26.7 Å². The van der Waals surface area contributed by atoms with Gasteiger partial charge in [0.15, 0.2) is 5.96 Å². The first-order valence-electron chi connectivity index (χ1n) is 9.48. The summed E-state index contributed by atoms with van der Waals surface area (Å²) in [5.41, 5.74) is 0.832. The number of carbonyl (C=O) groups excluding carboxylic acids is 1. The molecule has 1 heterocycles. The van der Waals surface area contributed by atoms with Gasteiger partial charge in [-0.2, -0.15) is 0 Å². The highest BCUT2D eigenvalue weighted by molar-refractivity contribution is 14.0. The molecule has 0 radical (unpaired) electrons. The van der Waals surface area contributed by atoms with Crippen LogP contribution in [0, 0.1) is 5.41 Å². The fourth-order valence-corrected chi connectivity index (χ4v) is 4.35. The molecule has 0 bridgehead atoms. The van der Waals surface area contributed by atoms with Crippen LogP contribution >= 0.6 is 35.3 Å². The normalized spacial score (nSPS) is 16.1. The van der Waals surface area contributed by atoms with Gasteiger partial charge in [-0.15, -0.1) is 35.3 Å². The molecule has 27 heavy (non-hydrogen) atoms. The Hall–Kier alpha value is -0.900. The minimum absolute atomic E-state index is 0. The molecule has 8 heteroatoms. The second kappa shape index (κ2) is 11.2. The van der Waals surface area contributed by atoms with Gasteiger partial charge in [0.1, 0.15) is 0 Å².